The molecular weight excluding hydrogens is 302 g/mol. The largest absolute Gasteiger partial charge is 0.497 e. The lowest BCUT2D eigenvalue weighted by Gasteiger charge is -2.06. The van der Waals surface area contributed by atoms with Gasteiger partial charge in [0.05, 0.1) is 7.11 Å². The molecule has 4 nitrogen and oxygen atoms in total. The predicted molar refractivity (Wildman–Crippen MR) is 81.6 cm³/mol. The fourth-order valence-electron chi connectivity index (χ4n) is 1.82. The van der Waals surface area contributed by atoms with E-state index in [-0.39, 0.29) is 11.1 Å². The number of halogens is 2. The number of hydrogen-bond donors (Lipinski definition) is 1. The molecule has 0 saturated heterocycles. The second-order valence-corrected chi connectivity index (χ2v) is 4.52. The van der Waals surface area contributed by atoms with Crippen LogP contribution in [0.25, 0.3) is 6.08 Å². The number of carbonyl (C=O) groups excluding carboxylic acids is 1. The van der Waals surface area contributed by atoms with E-state index in [0.717, 1.165) is 18.2 Å². The third kappa shape index (κ3) is 4.14. The number of nitriles is 1. The van der Waals surface area contributed by atoms with Crippen molar-refractivity contribution in [3.63, 3.8) is 0 Å². The lowest BCUT2D eigenvalue weighted by Crippen LogP contribution is -2.13. The number of amides is 1. The van der Waals surface area contributed by atoms with Crippen LogP contribution in [0.2, 0.25) is 0 Å². The standard InChI is InChI=1S/C17H12F2N2O2/c1-23-15-4-2-3-14(9-15)21-17(22)12(10-20)7-11-5-6-13(18)8-16(11)19/h2-9H,1H3,(H,21,22)/b12-7+. The number of benzene rings is 2. The first-order valence-corrected chi connectivity index (χ1v) is 6.55. The van der Waals surface area contributed by atoms with Gasteiger partial charge in [-0.15, -0.1) is 0 Å². The molecule has 1 N–H and O–H groups in total. The molecule has 2 aromatic rings. The maximum absolute atomic E-state index is 13.6. The first-order chi connectivity index (χ1) is 11.0. The van der Waals surface area contributed by atoms with Crippen LogP contribution in [0.5, 0.6) is 5.75 Å². The highest BCUT2D eigenvalue weighted by atomic mass is 19.1. The molecule has 0 spiro atoms. The maximum Gasteiger partial charge on any atom is 0.266 e. The van der Waals surface area contributed by atoms with E-state index in [1.807, 2.05) is 0 Å². The number of anilines is 1. The molecule has 0 fully saturated rings. The fourth-order valence-corrected chi connectivity index (χ4v) is 1.82. The summed E-state index contributed by atoms with van der Waals surface area (Å²) in [6, 6.07) is 11.1. The normalized spacial score (nSPS) is 10.8. The molecule has 23 heavy (non-hydrogen) atoms. The molecule has 0 unspecified atom stereocenters. The summed E-state index contributed by atoms with van der Waals surface area (Å²) in [5.74, 6) is -1.76. The van der Waals surface area contributed by atoms with E-state index in [2.05, 4.69) is 5.32 Å². The monoisotopic (exact) mass is 314 g/mol. The van der Waals surface area contributed by atoms with Gasteiger partial charge in [0.15, 0.2) is 0 Å². The van der Waals surface area contributed by atoms with Crippen molar-refractivity contribution >= 4 is 17.7 Å². The van der Waals surface area contributed by atoms with Crippen LogP contribution in [0.4, 0.5) is 14.5 Å². The molecule has 0 atom stereocenters. The Hall–Kier alpha value is -3.20. The minimum atomic E-state index is -0.855. The molecule has 116 valence electrons. The van der Waals surface area contributed by atoms with Crippen LogP contribution in [0, 0.1) is 23.0 Å². The first-order valence-electron chi connectivity index (χ1n) is 6.55. The average Bonchev–Trinajstić information content (AvgIpc) is 2.54. The molecule has 0 aliphatic carbocycles. The van der Waals surface area contributed by atoms with Crippen molar-refractivity contribution in [2.24, 2.45) is 0 Å². The number of hydrogen-bond acceptors (Lipinski definition) is 3. The Kier molecular flexibility index (Phi) is 5.05. The molecule has 2 aromatic carbocycles. The van der Waals surface area contributed by atoms with Crippen molar-refractivity contribution in [3.05, 3.63) is 65.2 Å². The van der Waals surface area contributed by atoms with Crippen molar-refractivity contribution in [2.45, 2.75) is 0 Å². The topological polar surface area (TPSA) is 62.1 Å². The lowest BCUT2D eigenvalue weighted by molar-refractivity contribution is -0.112. The molecule has 1 amide bonds. The van der Waals surface area contributed by atoms with Gasteiger partial charge in [0.2, 0.25) is 0 Å². The summed E-state index contributed by atoms with van der Waals surface area (Å²) in [6.45, 7) is 0. The summed E-state index contributed by atoms with van der Waals surface area (Å²) in [5.41, 5.74) is 0.0668. The van der Waals surface area contributed by atoms with Gasteiger partial charge in [0.25, 0.3) is 5.91 Å². The zero-order valence-electron chi connectivity index (χ0n) is 12.1. The molecule has 0 aliphatic heterocycles. The van der Waals surface area contributed by atoms with Crippen LogP contribution in [0.15, 0.2) is 48.0 Å². The first kappa shape index (κ1) is 16.2. The fraction of sp³-hybridized carbons (Fsp3) is 0.0588. The Labute approximate surface area is 131 Å². The second kappa shape index (κ2) is 7.18. The SMILES string of the molecule is COc1cccc(NC(=O)/C(C#N)=C/c2ccc(F)cc2F)c1. The average molecular weight is 314 g/mol. The molecule has 0 heterocycles. The maximum atomic E-state index is 13.6. The van der Waals surface area contributed by atoms with E-state index < -0.39 is 17.5 Å². The van der Waals surface area contributed by atoms with Gasteiger partial charge in [0.1, 0.15) is 29.0 Å². The Morgan fingerprint density at radius 1 is 1.26 bits per heavy atom. The third-order valence-electron chi connectivity index (χ3n) is 2.96. The molecule has 2 rings (SSSR count). The molecule has 0 aromatic heterocycles. The molecule has 6 heteroatoms. The van der Waals surface area contributed by atoms with Gasteiger partial charge in [-0.2, -0.15) is 5.26 Å². The summed E-state index contributed by atoms with van der Waals surface area (Å²) < 4.78 is 31.5. The van der Waals surface area contributed by atoms with Crippen LogP contribution in [0.1, 0.15) is 5.56 Å². The predicted octanol–water partition coefficient (Wildman–Crippen LogP) is 3.52. The van der Waals surface area contributed by atoms with Crippen molar-refractivity contribution in [2.75, 3.05) is 12.4 Å². The number of rotatable bonds is 4. The summed E-state index contributed by atoms with van der Waals surface area (Å²) in [6.07, 6.45) is 1.06. The van der Waals surface area contributed by atoms with Crippen LogP contribution < -0.4 is 10.1 Å². The zero-order valence-corrected chi connectivity index (χ0v) is 12.1. The van der Waals surface area contributed by atoms with Crippen LogP contribution >= 0.6 is 0 Å². The number of ether oxygens (including phenoxy) is 1. The molecular formula is C17H12F2N2O2. The highest BCUT2D eigenvalue weighted by Crippen LogP contribution is 2.18. The second-order valence-electron chi connectivity index (χ2n) is 4.52. The highest BCUT2D eigenvalue weighted by molar-refractivity contribution is 6.09. The van der Waals surface area contributed by atoms with Gasteiger partial charge in [0, 0.05) is 23.4 Å². The number of nitrogens with zero attached hydrogens (tertiary/aromatic N) is 1. The minimum Gasteiger partial charge on any atom is -0.497 e. The van der Waals surface area contributed by atoms with E-state index in [4.69, 9.17) is 10.00 Å². The summed E-state index contributed by atoms with van der Waals surface area (Å²) >= 11 is 0. The van der Waals surface area contributed by atoms with E-state index >= 15 is 0 Å². The Balaban J connectivity index is 2.24. The third-order valence-corrected chi connectivity index (χ3v) is 2.96. The number of methoxy groups -OCH3 is 1. The minimum absolute atomic E-state index is 0.0521. The Morgan fingerprint density at radius 2 is 2.04 bits per heavy atom. The van der Waals surface area contributed by atoms with E-state index in [1.54, 1.807) is 30.3 Å². The van der Waals surface area contributed by atoms with Gasteiger partial charge in [-0.1, -0.05) is 6.07 Å². The smallest absolute Gasteiger partial charge is 0.266 e. The Bertz CT molecular complexity index is 810. The quantitative estimate of drug-likeness (QED) is 0.694. The lowest BCUT2D eigenvalue weighted by atomic mass is 10.1. The van der Waals surface area contributed by atoms with Crippen molar-refractivity contribution in [1.29, 1.82) is 5.26 Å². The molecule has 0 radical (unpaired) electrons. The van der Waals surface area contributed by atoms with Crippen molar-refractivity contribution in [3.8, 4) is 11.8 Å². The number of nitrogens with one attached hydrogen (secondary N) is 1. The Morgan fingerprint density at radius 3 is 2.70 bits per heavy atom. The molecule has 0 saturated carbocycles. The van der Waals surface area contributed by atoms with Gasteiger partial charge in [-0.3, -0.25) is 4.79 Å². The van der Waals surface area contributed by atoms with Crippen molar-refractivity contribution in [1.82, 2.24) is 0 Å². The van der Waals surface area contributed by atoms with Gasteiger partial charge in [-0.25, -0.2) is 8.78 Å². The van der Waals surface area contributed by atoms with E-state index in [9.17, 15) is 13.6 Å². The number of carbonyl (C=O) groups is 1. The van der Waals surface area contributed by atoms with Gasteiger partial charge in [-0.05, 0) is 30.3 Å². The summed E-state index contributed by atoms with van der Waals surface area (Å²) in [5, 5.41) is 11.6. The molecule has 0 aliphatic rings. The van der Waals surface area contributed by atoms with Crippen LogP contribution in [-0.2, 0) is 4.79 Å². The summed E-state index contributed by atoms with van der Waals surface area (Å²) in [7, 11) is 1.48. The van der Waals surface area contributed by atoms with Gasteiger partial charge >= 0.3 is 0 Å². The summed E-state index contributed by atoms with van der Waals surface area (Å²) in [4.78, 5) is 12.1. The highest BCUT2D eigenvalue weighted by Gasteiger charge is 2.11. The van der Waals surface area contributed by atoms with E-state index in [0.29, 0.717) is 17.5 Å². The van der Waals surface area contributed by atoms with Crippen LogP contribution in [0.3, 0.4) is 0 Å². The molecule has 0 bridgehead atoms. The van der Waals surface area contributed by atoms with E-state index in [1.165, 1.54) is 7.11 Å². The zero-order chi connectivity index (χ0) is 16.8. The van der Waals surface area contributed by atoms with Crippen LogP contribution in [-0.4, -0.2) is 13.0 Å². The van der Waals surface area contributed by atoms with Crippen molar-refractivity contribution < 1.29 is 18.3 Å². The van der Waals surface area contributed by atoms with Gasteiger partial charge < -0.3 is 10.1 Å².